The second kappa shape index (κ2) is 6.11. The van der Waals surface area contributed by atoms with Gasteiger partial charge in [0, 0.05) is 12.5 Å². The maximum Gasteiger partial charge on any atom is 0.330 e. The van der Waals surface area contributed by atoms with Crippen LogP contribution in [0, 0.1) is 17.8 Å². The fourth-order valence-corrected chi connectivity index (χ4v) is 2.34. The van der Waals surface area contributed by atoms with Crippen molar-refractivity contribution >= 4 is 11.8 Å². The lowest BCUT2D eigenvalue weighted by atomic mass is 9.64. The van der Waals surface area contributed by atoms with Crippen LogP contribution in [-0.4, -0.2) is 29.6 Å². The van der Waals surface area contributed by atoms with Crippen molar-refractivity contribution in [3.05, 3.63) is 35.5 Å². The summed E-state index contributed by atoms with van der Waals surface area (Å²) in [6.45, 7) is 5.04. The molecular formula is C17H20O4. The number of esters is 1. The highest BCUT2D eigenvalue weighted by molar-refractivity contribution is 5.93. The van der Waals surface area contributed by atoms with Crippen molar-refractivity contribution < 1.29 is 19.4 Å². The Morgan fingerprint density at radius 1 is 1.57 bits per heavy atom. The molecule has 1 rings (SSSR count). The number of allylic oxidation sites excluding steroid dienone is 3. The van der Waals surface area contributed by atoms with E-state index in [0.29, 0.717) is 11.1 Å². The van der Waals surface area contributed by atoms with Gasteiger partial charge in [-0.05, 0) is 44.1 Å². The van der Waals surface area contributed by atoms with Gasteiger partial charge in [0.25, 0.3) is 0 Å². The first-order valence-electron chi connectivity index (χ1n) is 6.56. The Morgan fingerprint density at radius 2 is 2.19 bits per heavy atom. The Bertz CT molecular complexity index is 588. The summed E-state index contributed by atoms with van der Waals surface area (Å²) in [5.74, 6) is 1.95. The van der Waals surface area contributed by atoms with Crippen LogP contribution < -0.4 is 0 Å². The van der Waals surface area contributed by atoms with Gasteiger partial charge in [-0.2, -0.15) is 0 Å². The highest BCUT2D eigenvalue weighted by atomic mass is 16.5. The van der Waals surface area contributed by atoms with E-state index in [-0.39, 0.29) is 12.2 Å². The minimum absolute atomic E-state index is 0.0709. The second-order valence-electron chi connectivity index (χ2n) is 5.46. The zero-order valence-corrected chi connectivity index (χ0v) is 12.8. The van der Waals surface area contributed by atoms with Crippen molar-refractivity contribution in [3.63, 3.8) is 0 Å². The van der Waals surface area contributed by atoms with Gasteiger partial charge in [-0.25, -0.2) is 4.79 Å². The predicted octanol–water partition coefficient (Wildman–Crippen LogP) is 1.95. The normalized spacial score (nSPS) is 30.0. The fourth-order valence-electron chi connectivity index (χ4n) is 2.34. The molecular weight excluding hydrogens is 268 g/mol. The zero-order chi connectivity index (χ0) is 16.3. The van der Waals surface area contributed by atoms with Gasteiger partial charge in [-0.3, -0.25) is 4.79 Å². The molecule has 0 aromatic carbocycles. The van der Waals surface area contributed by atoms with Crippen LogP contribution in [0.1, 0.15) is 27.2 Å². The van der Waals surface area contributed by atoms with Crippen molar-refractivity contribution in [1.82, 2.24) is 0 Å². The summed E-state index contributed by atoms with van der Waals surface area (Å²) in [5, 5.41) is 10.9. The number of carbonyl (C=O) groups excluding carboxylic acids is 2. The van der Waals surface area contributed by atoms with E-state index < -0.39 is 17.0 Å². The number of ketones is 1. The van der Waals surface area contributed by atoms with Gasteiger partial charge >= 0.3 is 5.97 Å². The van der Waals surface area contributed by atoms with Crippen molar-refractivity contribution in [2.75, 3.05) is 7.11 Å². The van der Waals surface area contributed by atoms with E-state index in [0.717, 1.165) is 0 Å². The molecule has 4 nitrogen and oxygen atoms in total. The van der Waals surface area contributed by atoms with Gasteiger partial charge in [0.1, 0.15) is 5.60 Å². The SMILES string of the molecule is C#CC1(C)CC(=O)C=C(C)[C@@]1(O)/C=C/C(C)=C\C(=O)OC. The second-order valence-corrected chi connectivity index (χ2v) is 5.46. The summed E-state index contributed by atoms with van der Waals surface area (Å²) in [5.41, 5.74) is -1.35. The third-order valence-corrected chi connectivity index (χ3v) is 3.80. The monoisotopic (exact) mass is 288 g/mol. The molecule has 0 spiro atoms. The Balaban J connectivity index is 3.21. The average molecular weight is 288 g/mol. The van der Waals surface area contributed by atoms with Crippen LogP contribution in [0.25, 0.3) is 0 Å². The van der Waals surface area contributed by atoms with Gasteiger partial charge in [0.15, 0.2) is 5.78 Å². The minimum atomic E-state index is -1.43. The lowest BCUT2D eigenvalue weighted by Crippen LogP contribution is -2.49. The molecule has 1 aliphatic rings. The molecule has 0 heterocycles. The third-order valence-electron chi connectivity index (χ3n) is 3.80. The van der Waals surface area contributed by atoms with Gasteiger partial charge in [-0.15, -0.1) is 6.42 Å². The molecule has 0 fully saturated rings. The molecule has 0 bridgehead atoms. The molecule has 0 aromatic heterocycles. The number of terminal acetylenes is 1. The molecule has 0 saturated carbocycles. The molecule has 21 heavy (non-hydrogen) atoms. The quantitative estimate of drug-likeness (QED) is 0.373. The largest absolute Gasteiger partial charge is 0.466 e. The summed E-state index contributed by atoms with van der Waals surface area (Å²) >= 11 is 0. The van der Waals surface area contributed by atoms with E-state index in [9.17, 15) is 14.7 Å². The molecule has 0 aromatic rings. The summed E-state index contributed by atoms with van der Waals surface area (Å²) < 4.78 is 4.54. The van der Waals surface area contributed by atoms with Crippen LogP contribution in [0.2, 0.25) is 0 Å². The lowest BCUT2D eigenvalue weighted by molar-refractivity contribution is -0.134. The average Bonchev–Trinajstić information content (AvgIpc) is 2.42. The fraction of sp³-hybridized carbons (Fsp3) is 0.412. The van der Waals surface area contributed by atoms with Crippen LogP contribution in [0.3, 0.4) is 0 Å². The van der Waals surface area contributed by atoms with Gasteiger partial charge < -0.3 is 9.84 Å². The van der Waals surface area contributed by atoms with Gasteiger partial charge in [0.2, 0.25) is 0 Å². The van der Waals surface area contributed by atoms with Crippen molar-refractivity contribution in [2.45, 2.75) is 32.8 Å². The molecule has 0 aliphatic heterocycles. The van der Waals surface area contributed by atoms with E-state index in [1.807, 2.05) is 0 Å². The maximum atomic E-state index is 11.7. The molecule has 1 unspecified atom stereocenters. The van der Waals surface area contributed by atoms with Crippen LogP contribution in [0.4, 0.5) is 0 Å². The van der Waals surface area contributed by atoms with Crippen molar-refractivity contribution in [1.29, 1.82) is 0 Å². The Labute approximate surface area is 125 Å². The van der Waals surface area contributed by atoms with Crippen LogP contribution >= 0.6 is 0 Å². The number of hydrogen-bond acceptors (Lipinski definition) is 4. The van der Waals surface area contributed by atoms with Crippen LogP contribution in [0.15, 0.2) is 35.5 Å². The predicted molar refractivity (Wildman–Crippen MR) is 80.2 cm³/mol. The lowest BCUT2D eigenvalue weighted by Gasteiger charge is -2.42. The molecule has 1 N–H and O–H groups in total. The molecule has 0 radical (unpaired) electrons. The Hall–Kier alpha value is -2.12. The first-order chi connectivity index (χ1) is 9.68. The van der Waals surface area contributed by atoms with Crippen molar-refractivity contribution in [3.8, 4) is 12.3 Å². The highest BCUT2D eigenvalue weighted by Crippen LogP contribution is 2.44. The van der Waals surface area contributed by atoms with Gasteiger partial charge in [0.05, 0.1) is 12.5 Å². The standard InChI is InChI=1S/C17H20O4/c1-6-16(4)11-14(18)10-13(3)17(16,20)8-7-12(2)9-15(19)21-5/h1,7-10,20H,11H2,2-5H3/b8-7+,12-9-/t16?,17-/m0/s1. The molecule has 2 atom stereocenters. The van der Waals surface area contributed by atoms with E-state index >= 15 is 0 Å². The third kappa shape index (κ3) is 3.32. The summed E-state index contributed by atoms with van der Waals surface area (Å²) in [4.78, 5) is 22.8. The summed E-state index contributed by atoms with van der Waals surface area (Å²) in [6, 6.07) is 0. The Morgan fingerprint density at radius 3 is 2.71 bits per heavy atom. The highest BCUT2D eigenvalue weighted by Gasteiger charge is 2.49. The minimum Gasteiger partial charge on any atom is -0.466 e. The number of rotatable bonds is 3. The van der Waals surface area contributed by atoms with E-state index in [1.54, 1.807) is 26.8 Å². The molecule has 4 heteroatoms. The Kier molecular flexibility index (Phi) is 4.93. The van der Waals surface area contributed by atoms with Crippen LogP contribution in [0.5, 0.6) is 0 Å². The number of hydrogen-bond donors (Lipinski definition) is 1. The first-order valence-corrected chi connectivity index (χ1v) is 6.56. The zero-order valence-electron chi connectivity index (χ0n) is 12.8. The number of methoxy groups -OCH3 is 1. The maximum absolute atomic E-state index is 11.7. The van der Waals surface area contributed by atoms with E-state index in [4.69, 9.17) is 6.42 Å². The summed E-state index contributed by atoms with van der Waals surface area (Å²) in [6.07, 6.45) is 11.4. The smallest absolute Gasteiger partial charge is 0.330 e. The van der Waals surface area contributed by atoms with Crippen LogP contribution in [-0.2, 0) is 14.3 Å². The van der Waals surface area contributed by atoms with E-state index in [2.05, 4.69) is 10.7 Å². The number of ether oxygens (including phenoxy) is 1. The van der Waals surface area contributed by atoms with Gasteiger partial charge in [-0.1, -0.05) is 12.0 Å². The molecule has 0 saturated heterocycles. The van der Waals surface area contributed by atoms with E-state index in [1.165, 1.54) is 25.3 Å². The first kappa shape index (κ1) is 16.9. The molecule has 1 aliphatic carbocycles. The molecule has 112 valence electrons. The molecule has 0 amide bonds. The number of carbonyl (C=O) groups is 2. The summed E-state index contributed by atoms with van der Waals surface area (Å²) in [7, 11) is 1.29. The number of aliphatic hydroxyl groups is 1. The van der Waals surface area contributed by atoms with Crippen molar-refractivity contribution in [2.24, 2.45) is 5.41 Å². The topological polar surface area (TPSA) is 63.6 Å².